The number of hydrogen-bond acceptors (Lipinski definition) is 3. The Balaban J connectivity index is 2.20. The highest BCUT2D eigenvalue weighted by atomic mass is 32.1. The zero-order valence-corrected chi connectivity index (χ0v) is 8.86. The van der Waals surface area contributed by atoms with Crippen LogP contribution in [-0.2, 0) is 6.42 Å². The molecule has 13 heavy (non-hydrogen) atoms. The predicted molar refractivity (Wildman–Crippen MR) is 57.1 cm³/mol. The standard InChI is InChI=1S/C10H16N2S/c1-2-8-9(11)13-10(12-8)7-5-3-4-6-7/h7H,2-6,11H2,1H3. The largest absolute Gasteiger partial charge is 0.389 e. The minimum absolute atomic E-state index is 0.715. The van der Waals surface area contributed by atoms with Gasteiger partial charge in [-0.3, -0.25) is 0 Å². The molecule has 1 aliphatic rings. The van der Waals surface area contributed by atoms with E-state index in [9.17, 15) is 0 Å². The minimum atomic E-state index is 0.715. The first-order valence-electron chi connectivity index (χ1n) is 5.06. The summed E-state index contributed by atoms with van der Waals surface area (Å²) in [5.74, 6) is 0.715. The number of nitrogen functional groups attached to an aromatic ring is 1. The molecule has 1 aliphatic carbocycles. The molecule has 3 heteroatoms. The number of rotatable bonds is 2. The quantitative estimate of drug-likeness (QED) is 0.789. The van der Waals surface area contributed by atoms with E-state index in [1.165, 1.54) is 30.7 Å². The number of anilines is 1. The second-order valence-electron chi connectivity index (χ2n) is 3.70. The lowest BCUT2D eigenvalue weighted by molar-refractivity contribution is 0.712. The Morgan fingerprint density at radius 3 is 2.69 bits per heavy atom. The smallest absolute Gasteiger partial charge is 0.109 e. The van der Waals surface area contributed by atoms with Crippen LogP contribution in [0.25, 0.3) is 0 Å². The Labute approximate surface area is 83.2 Å². The molecule has 0 spiro atoms. The molecule has 2 rings (SSSR count). The molecule has 0 saturated heterocycles. The number of aromatic nitrogens is 1. The van der Waals surface area contributed by atoms with E-state index in [0.717, 1.165) is 17.1 Å². The summed E-state index contributed by atoms with van der Waals surface area (Å²) < 4.78 is 0. The van der Waals surface area contributed by atoms with E-state index >= 15 is 0 Å². The van der Waals surface area contributed by atoms with Crippen LogP contribution in [0.3, 0.4) is 0 Å². The molecule has 0 radical (unpaired) electrons. The van der Waals surface area contributed by atoms with Crippen LogP contribution in [0, 0.1) is 0 Å². The van der Waals surface area contributed by atoms with Crippen LogP contribution >= 0.6 is 11.3 Å². The van der Waals surface area contributed by atoms with Crippen molar-refractivity contribution >= 4 is 16.3 Å². The Hall–Kier alpha value is -0.570. The number of nitrogens with zero attached hydrogens (tertiary/aromatic N) is 1. The van der Waals surface area contributed by atoms with Gasteiger partial charge >= 0.3 is 0 Å². The van der Waals surface area contributed by atoms with Gasteiger partial charge in [-0.2, -0.15) is 0 Å². The van der Waals surface area contributed by atoms with Gasteiger partial charge in [0.05, 0.1) is 10.7 Å². The van der Waals surface area contributed by atoms with Gasteiger partial charge in [0, 0.05) is 5.92 Å². The summed E-state index contributed by atoms with van der Waals surface area (Å²) in [6, 6.07) is 0. The molecule has 2 nitrogen and oxygen atoms in total. The summed E-state index contributed by atoms with van der Waals surface area (Å²) in [5, 5.41) is 2.22. The Morgan fingerprint density at radius 1 is 1.46 bits per heavy atom. The van der Waals surface area contributed by atoms with E-state index in [1.807, 2.05) is 0 Å². The highest BCUT2D eigenvalue weighted by Gasteiger charge is 2.21. The maximum Gasteiger partial charge on any atom is 0.109 e. The van der Waals surface area contributed by atoms with E-state index in [1.54, 1.807) is 11.3 Å². The van der Waals surface area contributed by atoms with Crippen LogP contribution in [0.4, 0.5) is 5.00 Å². The number of aryl methyl sites for hydroxylation is 1. The number of nitrogens with two attached hydrogens (primary N) is 1. The summed E-state index contributed by atoms with van der Waals surface area (Å²) >= 11 is 1.70. The van der Waals surface area contributed by atoms with Gasteiger partial charge in [-0.15, -0.1) is 11.3 Å². The molecule has 1 aromatic heterocycles. The number of thiazole rings is 1. The van der Waals surface area contributed by atoms with Gasteiger partial charge in [0.25, 0.3) is 0 Å². The second kappa shape index (κ2) is 3.66. The summed E-state index contributed by atoms with van der Waals surface area (Å²) in [4.78, 5) is 4.60. The fourth-order valence-electron chi connectivity index (χ4n) is 1.98. The van der Waals surface area contributed by atoms with Crippen molar-refractivity contribution in [1.29, 1.82) is 0 Å². The average Bonchev–Trinajstić information content (AvgIpc) is 2.71. The SMILES string of the molecule is CCc1nc(C2CCCC2)sc1N. The zero-order chi connectivity index (χ0) is 9.26. The maximum atomic E-state index is 5.88. The van der Waals surface area contributed by atoms with Crippen molar-refractivity contribution in [2.75, 3.05) is 5.73 Å². The van der Waals surface area contributed by atoms with Gasteiger partial charge in [-0.05, 0) is 19.3 Å². The molecular formula is C10H16N2S. The molecule has 1 fully saturated rings. The average molecular weight is 196 g/mol. The fourth-order valence-corrected chi connectivity index (χ4v) is 3.07. The lowest BCUT2D eigenvalue weighted by Gasteiger charge is -2.01. The van der Waals surface area contributed by atoms with E-state index in [-0.39, 0.29) is 0 Å². The lowest BCUT2D eigenvalue weighted by Crippen LogP contribution is -1.92. The molecular weight excluding hydrogens is 180 g/mol. The summed E-state index contributed by atoms with van der Waals surface area (Å²) in [7, 11) is 0. The first-order chi connectivity index (χ1) is 6.31. The van der Waals surface area contributed by atoms with Crippen molar-refractivity contribution in [3.8, 4) is 0 Å². The van der Waals surface area contributed by atoms with Crippen molar-refractivity contribution in [3.05, 3.63) is 10.7 Å². The van der Waals surface area contributed by atoms with Crippen LogP contribution in [0.15, 0.2) is 0 Å². The van der Waals surface area contributed by atoms with Gasteiger partial charge in [0.15, 0.2) is 0 Å². The van der Waals surface area contributed by atoms with Crippen LogP contribution in [0.1, 0.15) is 49.2 Å². The van der Waals surface area contributed by atoms with Gasteiger partial charge < -0.3 is 5.73 Å². The van der Waals surface area contributed by atoms with Crippen LogP contribution in [0.5, 0.6) is 0 Å². The predicted octanol–water partition coefficient (Wildman–Crippen LogP) is 2.95. The minimum Gasteiger partial charge on any atom is -0.389 e. The summed E-state index contributed by atoms with van der Waals surface area (Å²) in [6.45, 7) is 2.11. The third-order valence-electron chi connectivity index (χ3n) is 2.78. The van der Waals surface area contributed by atoms with Crippen LogP contribution in [0.2, 0.25) is 0 Å². The second-order valence-corrected chi connectivity index (χ2v) is 4.76. The molecule has 0 amide bonds. The molecule has 0 bridgehead atoms. The van der Waals surface area contributed by atoms with E-state index in [0.29, 0.717) is 5.92 Å². The van der Waals surface area contributed by atoms with Crippen LogP contribution in [-0.4, -0.2) is 4.98 Å². The molecule has 0 atom stereocenters. The third kappa shape index (κ3) is 1.70. The first-order valence-corrected chi connectivity index (χ1v) is 5.88. The van der Waals surface area contributed by atoms with E-state index < -0.39 is 0 Å². The lowest BCUT2D eigenvalue weighted by atomic mass is 10.1. The molecule has 0 aliphatic heterocycles. The van der Waals surface area contributed by atoms with Crippen molar-refractivity contribution < 1.29 is 0 Å². The molecule has 0 aromatic carbocycles. The summed E-state index contributed by atoms with van der Waals surface area (Å²) in [5.41, 5.74) is 6.98. The normalized spacial score (nSPS) is 18.2. The molecule has 1 heterocycles. The van der Waals surface area contributed by atoms with Crippen molar-refractivity contribution in [3.63, 3.8) is 0 Å². The molecule has 1 saturated carbocycles. The highest BCUT2D eigenvalue weighted by Crippen LogP contribution is 2.37. The zero-order valence-electron chi connectivity index (χ0n) is 8.05. The first kappa shape index (κ1) is 9.00. The van der Waals surface area contributed by atoms with E-state index in [4.69, 9.17) is 5.73 Å². The molecule has 0 unspecified atom stereocenters. The molecule has 1 aromatic rings. The van der Waals surface area contributed by atoms with Crippen molar-refractivity contribution in [1.82, 2.24) is 4.98 Å². The van der Waals surface area contributed by atoms with Crippen molar-refractivity contribution in [2.45, 2.75) is 44.9 Å². The maximum absolute atomic E-state index is 5.88. The van der Waals surface area contributed by atoms with Gasteiger partial charge in [-0.25, -0.2) is 4.98 Å². The fraction of sp³-hybridized carbons (Fsp3) is 0.700. The van der Waals surface area contributed by atoms with Gasteiger partial charge in [0.1, 0.15) is 5.00 Å². The molecule has 2 N–H and O–H groups in total. The van der Waals surface area contributed by atoms with E-state index in [2.05, 4.69) is 11.9 Å². The summed E-state index contributed by atoms with van der Waals surface area (Å²) in [6.07, 6.45) is 6.33. The molecule has 72 valence electrons. The highest BCUT2D eigenvalue weighted by molar-refractivity contribution is 7.15. The Morgan fingerprint density at radius 2 is 2.15 bits per heavy atom. The Bertz CT molecular complexity index is 287. The monoisotopic (exact) mass is 196 g/mol. The number of hydrogen-bond donors (Lipinski definition) is 1. The topological polar surface area (TPSA) is 38.9 Å². The Kier molecular flexibility index (Phi) is 2.54. The van der Waals surface area contributed by atoms with Crippen LogP contribution < -0.4 is 5.73 Å². The van der Waals surface area contributed by atoms with Gasteiger partial charge in [-0.1, -0.05) is 19.8 Å². The van der Waals surface area contributed by atoms with Gasteiger partial charge in [0.2, 0.25) is 0 Å². The van der Waals surface area contributed by atoms with Crippen molar-refractivity contribution in [2.24, 2.45) is 0 Å². The third-order valence-corrected chi connectivity index (χ3v) is 3.87.